The molecule has 1 aromatic rings. The molecule has 0 bridgehead atoms. The Hall–Kier alpha value is -0.710. The zero-order chi connectivity index (χ0) is 17.4. The van der Waals surface area contributed by atoms with E-state index in [2.05, 4.69) is 0 Å². The first-order chi connectivity index (χ1) is 10.6. The number of rotatable bonds is 5. The van der Waals surface area contributed by atoms with E-state index in [1.165, 1.54) is 6.07 Å². The lowest BCUT2D eigenvalue weighted by Crippen LogP contribution is -2.48. The first-order valence-corrected chi connectivity index (χ1v) is 10.6. The second-order valence-corrected chi connectivity index (χ2v) is 9.98. The minimum absolute atomic E-state index is 0.00209. The molecule has 1 aliphatic rings. The number of halogens is 1. The van der Waals surface area contributed by atoms with Gasteiger partial charge < -0.3 is 10.8 Å². The van der Waals surface area contributed by atoms with Crippen LogP contribution < -0.4 is 5.73 Å². The van der Waals surface area contributed by atoms with Gasteiger partial charge in [-0.1, -0.05) is 17.7 Å². The van der Waals surface area contributed by atoms with Crippen molar-refractivity contribution in [2.24, 2.45) is 5.73 Å². The van der Waals surface area contributed by atoms with Crippen LogP contribution in [-0.2, 0) is 19.9 Å². The Morgan fingerprint density at radius 3 is 2.57 bits per heavy atom. The molecular weight excluding hydrogens is 364 g/mol. The van der Waals surface area contributed by atoms with Crippen molar-refractivity contribution in [3.63, 3.8) is 0 Å². The van der Waals surface area contributed by atoms with Gasteiger partial charge in [-0.25, -0.2) is 16.8 Å². The number of sulfonamides is 1. The highest BCUT2D eigenvalue weighted by Gasteiger charge is 2.44. The molecule has 1 heterocycles. The maximum Gasteiger partial charge on any atom is 0.243 e. The fourth-order valence-electron chi connectivity index (χ4n) is 2.66. The molecule has 10 heteroatoms. The van der Waals surface area contributed by atoms with Crippen LogP contribution in [0.4, 0.5) is 0 Å². The van der Waals surface area contributed by atoms with Crippen molar-refractivity contribution in [1.29, 1.82) is 0 Å². The number of benzene rings is 1. The number of nitrogens with two attached hydrogens (primary N) is 1. The average Bonchev–Trinajstić information content (AvgIpc) is 2.71. The van der Waals surface area contributed by atoms with E-state index in [0.717, 1.165) is 4.31 Å². The molecule has 3 N–H and O–H groups in total. The van der Waals surface area contributed by atoms with Gasteiger partial charge in [0.15, 0.2) is 9.84 Å². The van der Waals surface area contributed by atoms with Crippen molar-refractivity contribution in [3.05, 3.63) is 28.8 Å². The Morgan fingerprint density at radius 2 is 2.04 bits per heavy atom. The lowest BCUT2D eigenvalue weighted by Gasteiger charge is -2.29. The maximum absolute atomic E-state index is 12.9. The van der Waals surface area contributed by atoms with Gasteiger partial charge in [0.2, 0.25) is 10.0 Å². The zero-order valence-corrected chi connectivity index (χ0v) is 14.9. The van der Waals surface area contributed by atoms with E-state index in [0.29, 0.717) is 5.56 Å². The summed E-state index contributed by atoms with van der Waals surface area (Å²) in [5.74, 6) is -0.879. The predicted molar refractivity (Wildman–Crippen MR) is 87.6 cm³/mol. The molecule has 2 rings (SSSR count). The van der Waals surface area contributed by atoms with Gasteiger partial charge in [0, 0.05) is 18.1 Å². The molecule has 0 spiro atoms. The minimum atomic E-state index is -4.04. The lowest BCUT2D eigenvalue weighted by atomic mass is 10.2. The quantitative estimate of drug-likeness (QED) is 0.725. The van der Waals surface area contributed by atoms with Gasteiger partial charge in [-0.2, -0.15) is 4.31 Å². The number of sulfone groups is 1. The monoisotopic (exact) mass is 382 g/mol. The van der Waals surface area contributed by atoms with Gasteiger partial charge >= 0.3 is 0 Å². The largest absolute Gasteiger partial charge is 0.390 e. The lowest BCUT2D eigenvalue weighted by molar-refractivity contribution is 0.129. The summed E-state index contributed by atoms with van der Waals surface area (Å²) in [6, 6.07) is 3.40. The Balaban J connectivity index is 2.50. The van der Waals surface area contributed by atoms with E-state index in [1.54, 1.807) is 19.1 Å². The van der Waals surface area contributed by atoms with Gasteiger partial charge in [0.1, 0.15) is 0 Å². The molecular formula is C13H19ClN2O5S2. The molecule has 0 unspecified atom stereocenters. The molecule has 0 aliphatic carbocycles. The SMILES string of the molecule is Cc1ccc(Cl)cc1S(=O)(=O)N(CCN)[C@@H]1CS(=O)(=O)C[C@H]1O. The summed E-state index contributed by atoms with van der Waals surface area (Å²) < 4.78 is 50.3. The highest BCUT2D eigenvalue weighted by atomic mass is 35.5. The fourth-order valence-corrected chi connectivity index (χ4v) is 6.71. The average molecular weight is 383 g/mol. The van der Waals surface area contributed by atoms with Crippen LogP contribution in [0.5, 0.6) is 0 Å². The summed E-state index contributed by atoms with van der Waals surface area (Å²) in [5, 5.41) is 10.3. The molecule has 1 saturated heterocycles. The molecule has 0 radical (unpaired) electrons. The first kappa shape index (κ1) is 18.6. The summed E-state index contributed by atoms with van der Waals surface area (Å²) in [6.45, 7) is 1.53. The predicted octanol–water partition coefficient (Wildman–Crippen LogP) is -0.244. The van der Waals surface area contributed by atoms with Crippen LogP contribution in [0.2, 0.25) is 5.02 Å². The highest BCUT2D eigenvalue weighted by Crippen LogP contribution is 2.28. The van der Waals surface area contributed by atoms with Gasteiger partial charge in [-0.3, -0.25) is 0 Å². The summed E-state index contributed by atoms with van der Waals surface area (Å²) in [4.78, 5) is -0.0186. The Labute approximate surface area is 141 Å². The summed E-state index contributed by atoms with van der Waals surface area (Å²) in [7, 11) is -7.53. The standard InChI is InChI=1S/C13H19ClN2O5S2/c1-9-2-3-10(14)6-13(9)23(20,21)16(5-4-15)11-7-22(18,19)8-12(11)17/h2-3,6,11-12,17H,4-5,7-8,15H2,1H3/t11-,12-/m1/s1. The van der Waals surface area contributed by atoms with E-state index >= 15 is 0 Å². The molecule has 0 aromatic heterocycles. The number of aliphatic hydroxyl groups is 1. The van der Waals surface area contributed by atoms with Crippen molar-refractivity contribution < 1.29 is 21.9 Å². The van der Waals surface area contributed by atoms with Crippen LogP contribution in [0.15, 0.2) is 23.1 Å². The van der Waals surface area contributed by atoms with Crippen molar-refractivity contribution in [1.82, 2.24) is 4.31 Å². The second-order valence-electron chi connectivity index (χ2n) is 5.53. The molecule has 0 saturated carbocycles. The molecule has 0 amide bonds. The van der Waals surface area contributed by atoms with E-state index in [4.69, 9.17) is 17.3 Å². The Kier molecular flexibility index (Phi) is 5.39. The van der Waals surface area contributed by atoms with Crippen molar-refractivity contribution in [3.8, 4) is 0 Å². The van der Waals surface area contributed by atoms with Crippen LogP contribution in [0.3, 0.4) is 0 Å². The van der Waals surface area contributed by atoms with Gasteiger partial charge in [0.05, 0.1) is 28.5 Å². The number of hydrogen-bond donors (Lipinski definition) is 2. The molecule has 1 aliphatic heterocycles. The third-order valence-electron chi connectivity index (χ3n) is 3.75. The summed E-state index contributed by atoms with van der Waals surface area (Å²) in [6.07, 6.45) is -1.28. The van der Waals surface area contributed by atoms with Crippen LogP contribution in [0.1, 0.15) is 5.56 Å². The van der Waals surface area contributed by atoms with E-state index < -0.39 is 43.5 Å². The third kappa shape index (κ3) is 3.86. The van der Waals surface area contributed by atoms with Crippen molar-refractivity contribution >= 4 is 31.5 Å². The summed E-state index contributed by atoms with van der Waals surface area (Å²) in [5.41, 5.74) is 5.97. The van der Waals surface area contributed by atoms with Gasteiger partial charge in [0.25, 0.3) is 0 Å². The highest BCUT2D eigenvalue weighted by molar-refractivity contribution is 7.92. The molecule has 2 atom stereocenters. The minimum Gasteiger partial charge on any atom is -0.390 e. The van der Waals surface area contributed by atoms with Crippen LogP contribution in [-0.4, -0.2) is 63.0 Å². The van der Waals surface area contributed by atoms with Crippen LogP contribution >= 0.6 is 11.6 Å². The zero-order valence-electron chi connectivity index (χ0n) is 12.5. The van der Waals surface area contributed by atoms with Gasteiger partial charge in [-0.15, -0.1) is 0 Å². The van der Waals surface area contributed by atoms with E-state index in [-0.39, 0.29) is 23.0 Å². The number of aryl methyl sites for hydroxylation is 1. The molecule has 130 valence electrons. The van der Waals surface area contributed by atoms with Crippen molar-refractivity contribution in [2.45, 2.75) is 24.0 Å². The van der Waals surface area contributed by atoms with E-state index in [9.17, 15) is 21.9 Å². The Morgan fingerprint density at radius 1 is 1.39 bits per heavy atom. The van der Waals surface area contributed by atoms with Crippen LogP contribution in [0.25, 0.3) is 0 Å². The molecule has 23 heavy (non-hydrogen) atoms. The third-order valence-corrected chi connectivity index (χ3v) is 7.75. The number of aliphatic hydroxyl groups excluding tert-OH is 1. The summed E-state index contributed by atoms with van der Waals surface area (Å²) >= 11 is 5.89. The molecule has 1 aromatic carbocycles. The second kappa shape index (κ2) is 6.66. The maximum atomic E-state index is 12.9. The normalized spacial score (nSPS) is 24.2. The van der Waals surface area contributed by atoms with Gasteiger partial charge in [-0.05, 0) is 24.6 Å². The molecule has 1 fully saturated rings. The smallest absolute Gasteiger partial charge is 0.243 e. The Bertz CT molecular complexity index is 795. The topological polar surface area (TPSA) is 118 Å². The van der Waals surface area contributed by atoms with Crippen molar-refractivity contribution in [2.75, 3.05) is 24.6 Å². The first-order valence-electron chi connectivity index (χ1n) is 6.95. The number of hydrogen-bond acceptors (Lipinski definition) is 6. The van der Waals surface area contributed by atoms with Crippen LogP contribution in [0, 0.1) is 6.92 Å². The number of nitrogens with zero attached hydrogens (tertiary/aromatic N) is 1. The molecule has 7 nitrogen and oxygen atoms in total. The fraction of sp³-hybridized carbons (Fsp3) is 0.538. The van der Waals surface area contributed by atoms with E-state index in [1.807, 2.05) is 0 Å².